The van der Waals surface area contributed by atoms with E-state index < -0.39 is 5.97 Å². The molecule has 1 saturated carbocycles. The molecule has 116 valence electrons. The normalized spacial score (nSPS) is 21.8. The maximum absolute atomic E-state index is 11.9. The summed E-state index contributed by atoms with van der Waals surface area (Å²) in [5.41, 5.74) is 0.617. The fourth-order valence-corrected chi connectivity index (χ4v) is 3.22. The van der Waals surface area contributed by atoms with Crippen molar-refractivity contribution in [2.45, 2.75) is 52.0 Å². The zero-order chi connectivity index (χ0) is 15.2. The van der Waals surface area contributed by atoms with Gasteiger partial charge in [-0.1, -0.05) is 31.2 Å². The summed E-state index contributed by atoms with van der Waals surface area (Å²) in [7, 11) is 0. The van der Waals surface area contributed by atoms with Gasteiger partial charge in [-0.15, -0.1) is 5.10 Å². The summed E-state index contributed by atoms with van der Waals surface area (Å²) in [6, 6.07) is 0.196. The SMILES string of the molecule is CCc1nnsc1C(=O)OCC(=O)N[C@H]1CCCC[C@H]1C. The molecular weight excluding hydrogens is 290 g/mol. The van der Waals surface area contributed by atoms with Gasteiger partial charge in [-0.25, -0.2) is 4.79 Å². The van der Waals surface area contributed by atoms with Crippen LogP contribution in [0.1, 0.15) is 54.9 Å². The average Bonchev–Trinajstić information content (AvgIpc) is 2.96. The number of hydrogen-bond donors (Lipinski definition) is 1. The van der Waals surface area contributed by atoms with Crippen LogP contribution in [0.25, 0.3) is 0 Å². The lowest BCUT2D eigenvalue weighted by Gasteiger charge is -2.29. The van der Waals surface area contributed by atoms with Crippen LogP contribution in [0.2, 0.25) is 0 Å². The number of rotatable bonds is 5. The smallest absolute Gasteiger partial charge is 0.352 e. The van der Waals surface area contributed by atoms with Gasteiger partial charge in [0.25, 0.3) is 5.91 Å². The van der Waals surface area contributed by atoms with E-state index in [9.17, 15) is 9.59 Å². The molecule has 7 heteroatoms. The van der Waals surface area contributed by atoms with E-state index in [0.29, 0.717) is 22.9 Å². The van der Waals surface area contributed by atoms with Gasteiger partial charge < -0.3 is 10.1 Å². The molecule has 1 aliphatic rings. The van der Waals surface area contributed by atoms with E-state index in [2.05, 4.69) is 21.8 Å². The predicted molar refractivity (Wildman–Crippen MR) is 79.1 cm³/mol. The second-order valence-corrected chi connectivity index (χ2v) is 6.17. The number of nitrogens with zero attached hydrogens (tertiary/aromatic N) is 2. The van der Waals surface area contributed by atoms with Crippen LogP contribution < -0.4 is 5.32 Å². The zero-order valence-corrected chi connectivity index (χ0v) is 13.2. The zero-order valence-electron chi connectivity index (χ0n) is 12.4. The summed E-state index contributed by atoms with van der Waals surface area (Å²) in [4.78, 5) is 24.1. The van der Waals surface area contributed by atoms with Crippen LogP contribution in [-0.2, 0) is 16.0 Å². The molecule has 1 N–H and O–H groups in total. The fraction of sp³-hybridized carbons (Fsp3) is 0.714. The third kappa shape index (κ3) is 4.23. The number of amides is 1. The van der Waals surface area contributed by atoms with E-state index in [1.807, 2.05) is 6.92 Å². The Morgan fingerprint density at radius 3 is 2.86 bits per heavy atom. The number of aryl methyl sites for hydroxylation is 1. The van der Waals surface area contributed by atoms with Crippen LogP contribution in [0.15, 0.2) is 0 Å². The van der Waals surface area contributed by atoms with Crippen LogP contribution >= 0.6 is 11.5 Å². The Bertz CT molecular complexity index is 503. The molecule has 0 bridgehead atoms. The maximum Gasteiger partial charge on any atom is 0.352 e. The minimum atomic E-state index is -0.520. The van der Waals surface area contributed by atoms with Crippen LogP contribution in [0.3, 0.4) is 0 Å². The number of hydrogen-bond acceptors (Lipinski definition) is 6. The Morgan fingerprint density at radius 1 is 1.38 bits per heavy atom. The van der Waals surface area contributed by atoms with Crippen LogP contribution in [0, 0.1) is 5.92 Å². The second-order valence-electron chi connectivity index (χ2n) is 5.41. The highest BCUT2D eigenvalue weighted by Gasteiger charge is 2.23. The summed E-state index contributed by atoms with van der Waals surface area (Å²) in [5.74, 6) is -0.276. The van der Waals surface area contributed by atoms with Gasteiger partial charge in [-0.3, -0.25) is 4.79 Å². The molecule has 2 rings (SSSR count). The molecule has 1 heterocycles. The highest BCUT2D eigenvalue weighted by molar-refractivity contribution is 7.07. The summed E-state index contributed by atoms with van der Waals surface area (Å²) < 4.78 is 8.78. The lowest BCUT2D eigenvalue weighted by Crippen LogP contribution is -2.42. The first-order chi connectivity index (χ1) is 10.1. The van der Waals surface area contributed by atoms with Crippen LogP contribution in [0.4, 0.5) is 0 Å². The van der Waals surface area contributed by atoms with Gasteiger partial charge >= 0.3 is 5.97 Å². The topological polar surface area (TPSA) is 81.2 Å². The van der Waals surface area contributed by atoms with E-state index in [4.69, 9.17) is 4.74 Å². The first kappa shape index (κ1) is 15.9. The summed E-state index contributed by atoms with van der Waals surface area (Å²) in [6.07, 6.45) is 5.12. The molecule has 0 saturated heterocycles. The molecule has 1 fully saturated rings. The summed E-state index contributed by atoms with van der Waals surface area (Å²) in [6.45, 7) is 3.79. The minimum absolute atomic E-state index is 0.196. The quantitative estimate of drug-likeness (QED) is 0.841. The van der Waals surface area contributed by atoms with Gasteiger partial charge in [-0.05, 0) is 36.7 Å². The van der Waals surface area contributed by atoms with Crippen LogP contribution in [-0.4, -0.2) is 34.1 Å². The van der Waals surface area contributed by atoms with Crippen molar-refractivity contribution in [2.75, 3.05) is 6.61 Å². The molecule has 6 nitrogen and oxygen atoms in total. The molecule has 0 spiro atoms. The Hall–Kier alpha value is -1.50. The first-order valence-electron chi connectivity index (χ1n) is 7.39. The molecule has 1 amide bonds. The molecule has 1 aliphatic carbocycles. The van der Waals surface area contributed by atoms with Gasteiger partial charge in [0.05, 0.1) is 5.69 Å². The molecule has 0 unspecified atom stereocenters. The second kappa shape index (κ2) is 7.49. The maximum atomic E-state index is 11.9. The molecular formula is C14H21N3O3S. The van der Waals surface area contributed by atoms with Crippen molar-refractivity contribution in [3.05, 3.63) is 10.6 Å². The number of nitrogens with one attached hydrogen (secondary N) is 1. The van der Waals surface area contributed by atoms with Gasteiger partial charge in [0.2, 0.25) is 0 Å². The van der Waals surface area contributed by atoms with E-state index in [1.54, 1.807) is 0 Å². The molecule has 21 heavy (non-hydrogen) atoms. The van der Waals surface area contributed by atoms with Crippen LogP contribution in [0.5, 0.6) is 0 Å². The monoisotopic (exact) mass is 311 g/mol. The average molecular weight is 311 g/mol. The largest absolute Gasteiger partial charge is 0.451 e. The van der Waals surface area contributed by atoms with Crippen molar-refractivity contribution in [2.24, 2.45) is 5.92 Å². The Labute approximate surface area is 128 Å². The van der Waals surface area contributed by atoms with E-state index >= 15 is 0 Å². The van der Waals surface area contributed by atoms with Gasteiger partial charge in [0.1, 0.15) is 0 Å². The Morgan fingerprint density at radius 2 is 2.14 bits per heavy atom. The van der Waals surface area contributed by atoms with Gasteiger partial charge in [-0.2, -0.15) is 0 Å². The van der Waals surface area contributed by atoms with Crippen molar-refractivity contribution in [3.63, 3.8) is 0 Å². The van der Waals surface area contributed by atoms with Crippen molar-refractivity contribution in [3.8, 4) is 0 Å². The molecule has 1 aromatic heterocycles. The Balaban J connectivity index is 1.79. The van der Waals surface area contributed by atoms with Gasteiger partial charge in [0, 0.05) is 6.04 Å². The molecule has 1 aromatic rings. The van der Waals surface area contributed by atoms with Crippen molar-refractivity contribution in [1.29, 1.82) is 0 Å². The standard InChI is InChI=1S/C14H21N3O3S/c1-3-10-13(21-17-16-10)14(19)20-8-12(18)15-11-7-5-4-6-9(11)2/h9,11H,3-8H2,1-2H3,(H,15,18)/t9-,11+/m1/s1. The van der Waals surface area contributed by atoms with Crippen molar-refractivity contribution >= 4 is 23.4 Å². The highest BCUT2D eigenvalue weighted by Crippen LogP contribution is 2.23. The molecule has 2 atom stereocenters. The number of aromatic nitrogens is 2. The van der Waals surface area contributed by atoms with Crippen molar-refractivity contribution < 1.29 is 14.3 Å². The third-order valence-corrected chi connectivity index (χ3v) is 4.62. The number of ether oxygens (including phenoxy) is 1. The first-order valence-corrected chi connectivity index (χ1v) is 8.16. The minimum Gasteiger partial charge on any atom is -0.451 e. The summed E-state index contributed by atoms with van der Waals surface area (Å²) >= 11 is 1.00. The molecule has 0 radical (unpaired) electrons. The van der Waals surface area contributed by atoms with E-state index in [-0.39, 0.29) is 18.6 Å². The lowest BCUT2D eigenvalue weighted by molar-refractivity contribution is -0.125. The number of esters is 1. The fourth-order valence-electron chi connectivity index (χ4n) is 2.57. The van der Waals surface area contributed by atoms with Crippen molar-refractivity contribution in [1.82, 2.24) is 14.9 Å². The third-order valence-electron chi connectivity index (χ3n) is 3.87. The molecule has 0 aromatic carbocycles. The molecule has 0 aliphatic heterocycles. The van der Waals surface area contributed by atoms with E-state index in [1.165, 1.54) is 6.42 Å². The Kier molecular flexibility index (Phi) is 5.67. The number of carbonyl (C=O) groups excluding carboxylic acids is 2. The predicted octanol–water partition coefficient (Wildman–Crippen LogP) is 1.95. The summed E-state index contributed by atoms with van der Waals surface area (Å²) in [5, 5.41) is 6.81. The number of carbonyl (C=O) groups is 2. The highest BCUT2D eigenvalue weighted by atomic mass is 32.1. The lowest BCUT2D eigenvalue weighted by atomic mass is 9.86. The van der Waals surface area contributed by atoms with E-state index in [0.717, 1.165) is 30.8 Å². The van der Waals surface area contributed by atoms with Gasteiger partial charge in [0.15, 0.2) is 11.5 Å².